The fraction of sp³-hybridized carbons (Fsp3) is 0.200. The van der Waals surface area contributed by atoms with Gasteiger partial charge in [0.15, 0.2) is 5.15 Å². The van der Waals surface area contributed by atoms with Crippen LogP contribution in [0.25, 0.3) is 0 Å². The summed E-state index contributed by atoms with van der Waals surface area (Å²) < 4.78 is 0. The Balaban J connectivity index is 2.98. The molecule has 0 aliphatic heterocycles. The first kappa shape index (κ1) is 8.36. The number of rotatable bonds is 2. The van der Waals surface area contributed by atoms with E-state index < -0.39 is 0 Å². The van der Waals surface area contributed by atoms with Crippen LogP contribution in [-0.2, 0) is 6.54 Å². The van der Waals surface area contributed by atoms with Crippen molar-refractivity contribution in [2.45, 2.75) is 6.54 Å². The molecular formula is C5H3Cl2N3O. The van der Waals surface area contributed by atoms with Crippen LogP contribution in [0.3, 0.4) is 0 Å². The quantitative estimate of drug-likeness (QED) is 0.673. The number of nitrogens with zero attached hydrogens (tertiary/aromatic N) is 3. The summed E-state index contributed by atoms with van der Waals surface area (Å²) in [5.41, 5.74) is 0.339. The zero-order valence-corrected chi connectivity index (χ0v) is 6.80. The highest BCUT2D eigenvalue weighted by atomic mass is 35.5. The summed E-state index contributed by atoms with van der Waals surface area (Å²) in [6.07, 6.45) is 1.31. The Morgan fingerprint density at radius 1 is 1.55 bits per heavy atom. The summed E-state index contributed by atoms with van der Waals surface area (Å²) in [5.74, 6) is 0. The Hall–Kier alpha value is -0.740. The van der Waals surface area contributed by atoms with Crippen molar-refractivity contribution in [2.75, 3.05) is 0 Å². The normalized spacial score (nSPS) is 9.64. The lowest BCUT2D eigenvalue weighted by atomic mass is 10.5. The van der Waals surface area contributed by atoms with Gasteiger partial charge in [-0.05, 0) is 0 Å². The third-order valence-electron chi connectivity index (χ3n) is 0.984. The second kappa shape index (κ2) is 3.59. The van der Waals surface area contributed by atoms with Crippen LogP contribution in [0.2, 0.25) is 10.3 Å². The summed E-state index contributed by atoms with van der Waals surface area (Å²) in [7, 11) is 0. The molecule has 0 N–H and O–H groups in total. The molecule has 58 valence electrons. The number of hydrogen-bond donors (Lipinski definition) is 0. The minimum Gasteiger partial charge on any atom is -0.253 e. The molecule has 0 fully saturated rings. The Morgan fingerprint density at radius 2 is 2.27 bits per heavy atom. The second-order valence-corrected chi connectivity index (χ2v) is 2.46. The minimum absolute atomic E-state index is 0.0804. The summed E-state index contributed by atoms with van der Waals surface area (Å²) in [5, 5.41) is 2.94. The molecule has 11 heavy (non-hydrogen) atoms. The molecule has 0 aliphatic rings. The number of hydrogen-bond acceptors (Lipinski definition) is 4. The average molecular weight is 192 g/mol. The second-order valence-electron chi connectivity index (χ2n) is 1.72. The molecule has 0 saturated heterocycles. The zero-order valence-electron chi connectivity index (χ0n) is 5.29. The van der Waals surface area contributed by atoms with Gasteiger partial charge in [-0.15, -0.1) is 0 Å². The molecule has 1 aromatic heterocycles. The Morgan fingerprint density at radius 3 is 2.82 bits per heavy atom. The molecule has 0 radical (unpaired) electrons. The highest BCUT2D eigenvalue weighted by Gasteiger charge is 2.03. The molecule has 1 aromatic rings. The molecular weight excluding hydrogens is 189 g/mol. The van der Waals surface area contributed by atoms with Crippen LogP contribution in [0.4, 0.5) is 0 Å². The van der Waals surface area contributed by atoms with Crippen molar-refractivity contribution in [1.82, 2.24) is 9.97 Å². The summed E-state index contributed by atoms with van der Waals surface area (Å²) in [6, 6.07) is 0. The van der Waals surface area contributed by atoms with Gasteiger partial charge in [0.1, 0.15) is 17.4 Å². The van der Waals surface area contributed by atoms with Crippen LogP contribution in [-0.4, -0.2) is 9.97 Å². The minimum atomic E-state index is -0.0804. The van der Waals surface area contributed by atoms with E-state index >= 15 is 0 Å². The topological polar surface area (TPSA) is 55.2 Å². The zero-order chi connectivity index (χ0) is 8.27. The van der Waals surface area contributed by atoms with Crippen LogP contribution in [0, 0.1) is 4.91 Å². The van der Waals surface area contributed by atoms with Crippen molar-refractivity contribution in [3.8, 4) is 0 Å². The van der Waals surface area contributed by atoms with Crippen molar-refractivity contribution < 1.29 is 0 Å². The van der Waals surface area contributed by atoms with E-state index in [1.807, 2.05) is 0 Å². The van der Waals surface area contributed by atoms with E-state index in [4.69, 9.17) is 23.2 Å². The molecule has 0 spiro atoms. The van der Waals surface area contributed by atoms with E-state index in [0.29, 0.717) is 5.69 Å². The van der Waals surface area contributed by atoms with E-state index in [1.165, 1.54) is 6.20 Å². The lowest BCUT2D eigenvalue weighted by Crippen LogP contribution is -1.91. The van der Waals surface area contributed by atoms with Gasteiger partial charge >= 0.3 is 0 Å². The largest absolute Gasteiger partial charge is 0.253 e. The van der Waals surface area contributed by atoms with Gasteiger partial charge in [-0.25, -0.2) is 4.98 Å². The average Bonchev–Trinajstić information content (AvgIpc) is 1.95. The fourth-order valence-corrected chi connectivity index (χ4v) is 0.915. The standard InChI is InChI=1S/C5H3Cl2N3O/c6-4-2-8-3(1-9-11)5(7)10-4/h2H,1H2. The number of aromatic nitrogens is 2. The molecule has 0 atom stereocenters. The maximum atomic E-state index is 9.80. The van der Waals surface area contributed by atoms with Crippen molar-refractivity contribution in [2.24, 2.45) is 5.18 Å². The van der Waals surface area contributed by atoms with Gasteiger partial charge in [0, 0.05) is 0 Å². The molecule has 4 nitrogen and oxygen atoms in total. The SMILES string of the molecule is O=NCc1ncc(Cl)nc1Cl. The number of halogens is 2. The monoisotopic (exact) mass is 191 g/mol. The molecule has 0 aromatic carbocycles. The summed E-state index contributed by atoms with van der Waals surface area (Å²) >= 11 is 11.0. The van der Waals surface area contributed by atoms with Gasteiger partial charge in [-0.2, -0.15) is 4.91 Å². The first-order valence-corrected chi connectivity index (χ1v) is 3.45. The third kappa shape index (κ3) is 2.10. The molecule has 1 rings (SSSR count). The molecule has 6 heteroatoms. The molecule has 0 amide bonds. The van der Waals surface area contributed by atoms with E-state index in [-0.39, 0.29) is 16.9 Å². The van der Waals surface area contributed by atoms with Crippen molar-refractivity contribution in [3.05, 3.63) is 27.1 Å². The first-order chi connectivity index (χ1) is 5.24. The third-order valence-corrected chi connectivity index (χ3v) is 1.47. The molecule has 0 unspecified atom stereocenters. The van der Waals surface area contributed by atoms with Gasteiger partial charge in [0.2, 0.25) is 0 Å². The Labute approximate surface area is 72.5 Å². The Kier molecular flexibility index (Phi) is 2.73. The predicted octanol–water partition coefficient (Wildman–Crippen LogP) is 2.05. The van der Waals surface area contributed by atoms with Crippen LogP contribution >= 0.6 is 23.2 Å². The van der Waals surface area contributed by atoms with Crippen molar-refractivity contribution >= 4 is 23.2 Å². The highest BCUT2D eigenvalue weighted by molar-refractivity contribution is 6.32. The molecule has 1 heterocycles. The van der Waals surface area contributed by atoms with E-state index in [0.717, 1.165) is 0 Å². The van der Waals surface area contributed by atoms with E-state index in [2.05, 4.69) is 15.1 Å². The predicted molar refractivity (Wildman–Crippen MR) is 41.6 cm³/mol. The highest BCUT2D eigenvalue weighted by Crippen LogP contribution is 2.13. The van der Waals surface area contributed by atoms with E-state index in [9.17, 15) is 4.91 Å². The molecule has 0 aliphatic carbocycles. The summed E-state index contributed by atoms with van der Waals surface area (Å²) in [4.78, 5) is 17.2. The Bertz CT molecular complexity index is 278. The van der Waals surface area contributed by atoms with Crippen LogP contribution < -0.4 is 0 Å². The smallest absolute Gasteiger partial charge is 0.154 e. The lowest BCUT2D eigenvalue weighted by Gasteiger charge is -1.95. The van der Waals surface area contributed by atoms with Crippen molar-refractivity contribution in [1.29, 1.82) is 0 Å². The van der Waals surface area contributed by atoms with Crippen molar-refractivity contribution in [3.63, 3.8) is 0 Å². The van der Waals surface area contributed by atoms with Crippen LogP contribution in [0.5, 0.6) is 0 Å². The lowest BCUT2D eigenvalue weighted by molar-refractivity contribution is 0.956. The molecule has 0 bridgehead atoms. The van der Waals surface area contributed by atoms with Gasteiger partial charge in [0.05, 0.1) is 6.20 Å². The van der Waals surface area contributed by atoms with E-state index in [1.54, 1.807) is 0 Å². The van der Waals surface area contributed by atoms with Crippen LogP contribution in [0.15, 0.2) is 11.4 Å². The van der Waals surface area contributed by atoms with Gasteiger partial charge in [0.25, 0.3) is 0 Å². The number of nitroso groups, excluding NO2 is 1. The molecule has 0 saturated carbocycles. The first-order valence-electron chi connectivity index (χ1n) is 2.70. The fourth-order valence-electron chi connectivity index (χ4n) is 0.539. The maximum absolute atomic E-state index is 9.80. The van der Waals surface area contributed by atoms with Gasteiger partial charge in [-0.3, -0.25) is 4.98 Å². The van der Waals surface area contributed by atoms with Crippen LogP contribution in [0.1, 0.15) is 5.69 Å². The summed E-state index contributed by atoms with van der Waals surface area (Å²) in [6.45, 7) is -0.0804. The maximum Gasteiger partial charge on any atom is 0.154 e. The van der Waals surface area contributed by atoms with Gasteiger partial charge in [-0.1, -0.05) is 28.4 Å². The van der Waals surface area contributed by atoms with Gasteiger partial charge < -0.3 is 0 Å².